The number of aryl methyl sites for hydroxylation is 2. The minimum absolute atomic E-state index is 0.0126. The number of hydrogen-bond donors (Lipinski definition) is 0. The summed E-state index contributed by atoms with van der Waals surface area (Å²) in [6.45, 7) is 3.80. The van der Waals surface area contributed by atoms with E-state index >= 15 is 0 Å². The van der Waals surface area contributed by atoms with E-state index in [9.17, 15) is 9.90 Å². The van der Waals surface area contributed by atoms with Gasteiger partial charge in [0, 0.05) is 22.3 Å². The first-order chi connectivity index (χ1) is 10.5. The van der Waals surface area contributed by atoms with Crippen LogP contribution in [0.4, 0.5) is 0 Å². The van der Waals surface area contributed by atoms with Gasteiger partial charge in [0.15, 0.2) is 5.65 Å². The Bertz CT molecular complexity index is 886. The molecular weight excluding hydrogens is 346 g/mol. The lowest BCUT2D eigenvalue weighted by Gasteiger charge is -2.12. The van der Waals surface area contributed by atoms with Crippen molar-refractivity contribution in [2.24, 2.45) is 0 Å². The van der Waals surface area contributed by atoms with E-state index in [1.807, 2.05) is 38.1 Å². The van der Waals surface area contributed by atoms with Gasteiger partial charge in [0.25, 0.3) is 0 Å². The van der Waals surface area contributed by atoms with E-state index in [0.29, 0.717) is 12.1 Å². The second kappa shape index (κ2) is 5.53. The summed E-state index contributed by atoms with van der Waals surface area (Å²) in [5.74, 6) is -1.26. The molecular formula is C16H13BrN3O2-. The Hall–Kier alpha value is -2.21. The maximum Gasteiger partial charge on any atom is 0.164 e. The average molecular weight is 359 g/mol. The largest absolute Gasteiger partial charge is 0.545 e. The van der Waals surface area contributed by atoms with Crippen molar-refractivity contribution in [2.75, 3.05) is 0 Å². The van der Waals surface area contributed by atoms with Crippen molar-refractivity contribution >= 4 is 27.5 Å². The number of benzene rings is 1. The van der Waals surface area contributed by atoms with Gasteiger partial charge in [-0.05, 0) is 31.0 Å². The summed E-state index contributed by atoms with van der Waals surface area (Å²) in [4.78, 5) is 15.5. The van der Waals surface area contributed by atoms with E-state index in [1.54, 1.807) is 4.52 Å². The molecule has 0 saturated heterocycles. The third-order valence-electron chi connectivity index (χ3n) is 3.75. The Labute approximate surface area is 135 Å². The molecule has 2 aromatic heterocycles. The highest BCUT2D eigenvalue weighted by Gasteiger charge is 2.15. The molecule has 0 spiro atoms. The molecule has 0 N–H and O–H groups in total. The van der Waals surface area contributed by atoms with Gasteiger partial charge < -0.3 is 9.90 Å². The van der Waals surface area contributed by atoms with Crippen LogP contribution >= 0.6 is 15.9 Å². The van der Waals surface area contributed by atoms with Gasteiger partial charge in [-0.15, -0.1) is 0 Å². The van der Waals surface area contributed by atoms with Gasteiger partial charge in [0.2, 0.25) is 0 Å². The quantitative estimate of drug-likeness (QED) is 0.718. The monoisotopic (exact) mass is 358 g/mol. The number of carboxylic acids is 1. The van der Waals surface area contributed by atoms with E-state index in [1.165, 1.54) is 6.20 Å². The van der Waals surface area contributed by atoms with Crippen molar-refractivity contribution in [1.29, 1.82) is 0 Å². The molecule has 5 nitrogen and oxygen atoms in total. The van der Waals surface area contributed by atoms with Crippen LogP contribution in [0, 0.1) is 13.8 Å². The third kappa shape index (κ3) is 2.39. The molecule has 3 rings (SSSR count). The van der Waals surface area contributed by atoms with E-state index in [0.717, 1.165) is 27.0 Å². The lowest BCUT2D eigenvalue weighted by Crippen LogP contribution is -2.22. The fraction of sp³-hybridized carbons (Fsp3) is 0.188. The van der Waals surface area contributed by atoms with Crippen LogP contribution in [0.3, 0.4) is 0 Å². The molecule has 0 bridgehead atoms. The summed E-state index contributed by atoms with van der Waals surface area (Å²) in [6.07, 6.45) is 1.98. The molecule has 22 heavy (non-hydrogen) atoms. The highest BCUT2D eigenvalue weighted by Crippen LogP contribution is 2.24. The Kier molecular flexibility index (Phi) is 3.70. The number of carboxylic acid groups (broad SMARTS) is 1. The first-order valence-corrected chi connectivity index (χ1v) is 7.57. The fourth-order valence-electron chi connectivity index (χ4n) is 2.54. The number of halogens is 1. The molecule has 1 aromatic carbocycles. The van der Waals surface area contributed by atoms with Crippen molar-refractivity contribution in [3.05, 3.63) is 63.0 Å². The zero-order chi connectivity index (χ0) is 15.9. The molecule has 0 atom stereocenters. The minimum Gasteiger partial charge on any atom is -0.545 e. The smallest absolute Gasteiger partial charge is 0.164 e. The van der Waals surface area contributed by atoms with Gasteiger partial charge >= 0.3 is 0 Å². The number of carbonyl (C=O) groups excluding carboxylic acids is 1. The van der Waals surface area contributed by atoms with E-state index in [-0.39, 0.29) is 5.56 Å². The number of rotatable bonds is 3. The summed E-state index contributed by atoms with van der Waals surface area (Å²) < 4.78 is 2.59. The number of fused-ring (bicyclic) bond motifs is 1. The van der Waals surface area contributed by atoms with Crippen molar-refractivity contribution < 1.29 is 9.90 Å². The first kappa shape index (κ1) is 14.7. The van der Waals surface area contributed by atoms with Crippen LogP contribution in [0.15, 0.2) is 34.9 Å². The van der Waals surface area contributed by atoms with Gasteiger partial charge in [-0.1, -0.05) is 34.1 Å². The average Bonchev–Trinajstić information content (AvgIpc) is 2.89. The Morgan fingerprint density at radius 2 is 2.05 bits per heavy atom. The molecule has 0 aliphatic rings. The molecule has 2 heterocycles. The van der Waals surface area contributed by atoms with Gasteiger partial charge in [-0.25, -0.2) is 9.50 Å². The third-order valence-corrected chi connectivity index (χ3v) is 4.53. The summed E-state index contributed by atoms with van der Waals surface area (Å²) in [7, 11) is 0. The summed E-state index contributed by atoms with van der Waals surface area (Å²) in [6, 6.07) is 7.99. The summed E-state index contributed by atoms with van der Waals surface area (Å²) in [5, 5.41) is 15.2. The molecule has 112 valence electrons. The molecule has 0 saturated carbocycles. The maximum atomic E-state index is 11.1. The van der Waals surface area contributed by atoms with Crippen molar-refractivity contribution in [3.63, 3.8) is 0 Å². The molecule has 3 aromatic rings. The number of aromatic carboxylic acids is 1. The predicted molar refractivity (Wildman–Crippen MR) is 83.7 cm³/mol. The van der Waals surface area contributed by atoms with E-state index in [2.05, 4.69) is 26.0 Å². The van der Waals surface area contributed by atoms with E-state index in [4.69, 9.17) is 0 Å². The molecule has 0 unspecified atom stereocenters. The molecule has 0 radical (unpaired) electrons. The maximum absolute atomic E-state index is 11.1. The molecule has 0 fully saturated rings. The van der Waals surface area contributed by atoms with Gasteiger partial charge in [0.05, 0.1) is 17.7 Å². The lowest BCUT2D eigenvalue weighted by molar-refractivity contribution is -0.254. The highest BCUT2D eigenvalue weighted by atomic mass is 79.9. The highest BCUT2D eigenvalue weighted by molar-refractivity contribution is 9.10. The molecule has 0 amide bonds. The SMILES string of the molecule is Cc1nc2c(C(=O)[O-])cnn2c(C)c1Cc1ccccc1Br. The minimum atomic E-state index is -1.26. The van der Waals surface area contributed by atoms with Gasteiger partial charge in [-0.2, -0.15) is 5.10 Å². The van der Waals surface area contributed by atoms with E-state index < -0.39 is 5.97 Å². The zero-order valence-corrected chi connectivity index (χ0v) is 13.7. The van der Waals surface area contributed by atoms with Crippen LogP contribution < -0.4 is 5.11 Å². The molecule has 6 heteroatoms. The summed E-state index contributed by atoms with van der Waals surface area (Å²) >= 11 is 3.55. The van der Waals surface area contributed by atoms with Crippen molar-refractivity contribution in [2.45, 2.75) is 20.3 Å². The standard InChI is InChI=1S/C16H14BrN3O2/c1-9-12(7-11-5-3-4-6-14(11)17)10(2)20-15(19-9)13(8-18-20)16(21)22/h3-6,8H,7H2,1-2H3,(H,21,22)/p-1. The number of hydrogen-bond acceptors (Lipinski definition) is 4. The van der Waals surface area contributed by atoms with Crippen molar-refractivity contribution in [3.8, 4) is 0 Å². The molecule has 0 aliphatic heterocycles. The van der Waals surface area contributed by atoms with Crippen LogP contribution in [0.1, 0.15) is 32.9 Å². The van der Waals surface area contributed by atoms with Crippen molar-refractivity contribution in [1.82, 2.24) is 14.6 Å². The Morgan fingerprint density at radius 1 is 1.32 bits per heavy atom. The number of nitrogens with zero attached hydrogens (tertiary/aromatic N) is 3. The topological polar surface area (TPSA) is 70.3 Å². The second-order valence-corrected chi connectivity index (χ2v) is 5.96. The van der Waals surface area contributed by atoms with Crippen LogP contribution in [-0.2, 0) is 6.42 Å². The van der Waals surface area contributed by atoms with Gasteiger partial charge in [-0.3, -0.25) is 0 Å². The van der Waals surface area contributed by atoms with Crippen LogP contribution in [0.5, 0.6) is 0 Å². The normalized spacial score (nSPS) is 11.0. The second-order valence-electron chi connectivity index (χ2n) is 5.11. The lowest BCUT2D eigenvalue weighted by atomic mass is 10.0. The summed E-state index contributed by atoms with van der Waals surface area (Å²) in [5.41, 5.74) is 4.19. The number of carbonyl (C=O) groups is 1. The van der Waals surface area contributed by atoms with Gasteiger partial charge in [0.1, 0.15) is 0 Å². The fourth-order valence-corrected chi connectivity index (χ4v) is 2.97. The number of aromatic nitrogens is 3. The first-order valence-electron chi connectivity index (χ1n) is 6.77. The van der Waals surface area contributed by atoms with Crippen LogP contribution in [0.2, 0.25) is 0 Å². The predicted octanol–water partition coefficient (Wildman–Crippen LogP) is 2.06. The van der Waals surface area contributed by atoms with Crippen LogP contribution in [0.25, 0.3) is 5.65 Å². The van der Waals surface area contributed by atoms with Crippen LogP contribution in [-0.4, -0.2) is 20.6 Å². The molecule has 0 aliphatic carbocycles. The Morgan fingerprint density at radius 3 is 2.73 bits per heavy atom. The Balaban J connectivity index is 2.15. The zero-order valence-electron chi connectivity index (χ0n) is 12.1.